The Labute approximate surface area is 168 Å². The van der Waals surface area contributed by atoms with Crippen LogP contribution in [0, 0.1) is 0 Å². The Balaban J connectivity index is 1.85. The van der Waals surface area contributed by atoms with Crippen LogP contribution in [0.4, 0.5) is 0 Å². The van der Waals surface area contributed by atoms with Gasteiger partial charge in [0.2, 0.25) is 0 Å². The minimum absolute atomic E-state index is 0.127. The van der Waals surface area contributed by atoms with Gasteiger partial charge in [-0.25, -0.2) is 4.79 Å². The van der Waals surface area contributed by atoms with Crippen LogP contribution in [0.1, 0.15) is 12.0 Å². The molecule has 144 valence electrons. The minimum atomic E-state index is -0.711. The van der Waals surface area contributed by atoms with E-state index in [2.05, 4.69) is 5.32 Å². The number of thioether (sulfide) groups is 1. The van der Waals surface area contributed by atoms with E-state index < -0.39 is 12.0 Å². The number of rotatable bonds is 10. The molecular weight excluding hydrogens is 386 g/mol. The van der Waals surface area contributed by atoms with E-state index in [1.807, 2.05) is 24.5 Å². The van der Waals surface area contributed by atoms with Gasteiger partial charge in [0, 0.05) is 5.02 Å². The zero-order valence-corrected chi connectivity index (χ0v) is 16.6. The summed E-state index contributed by atoms with van der Waals surface area (Å²) in [6.45, 7) is -0.0353. The second-order valence-corrected chi connectivity index (χ2v) is 7.16. The van der Waals surface area contributed by atoms with Gasteiger partial charge in [-0.05, 0) is 48.3 Å². The molecule has 0 spiro atoms. The summed E-state index contributed by atoms with van der Waals surface area (Å²) in [6, 6.07) is 15.4. The number of carbonyl (C=O) groups excluding carboxylic acids is 2. The van der Waals surface area contributed by atoms with Crippen molar-refractivity contribution in [1.82, 2.24) is 5.32 Å². The number of nitrogens with one attached hydrogen (secondary N) is 1. The topological polar surface area (TPSA) is 64.6 Å². The fourth-order valence-corrected chi connectivity index (χ4v) is 2.82. The van der Waals surface area contributed by atoms with E-state index >= 15 is 0 Å². The summed E-state index contributed by atoms with van der Waals surface area (Å²) in [5.41, 5.74) is 0.829. The number of carbonyl (C=O) groups is 2. The van der Waals surface area contributed by atoms with E-state index in [0.717, 1.165) is 11.3 Å². The van der Waals surface area contributed by atoms with Crippen molar-refractivity contribution in [3.63, 3.8) is 0 Å². The number of para-hydroxylation sites is 1. The highest BCUT2D eigenvalue weighted by atomic mass is 35.5. The molecule has 0 bridgehead atoms. The molecule has 0 saturated carbocycles. The molecule has 27 heavy (non-hydrogen) atoms. The SMILES string of the molecule is CSCCC(NC(=O)COc1ccccc1)C(=O)OCc1ccc(Cl)cc1. The maximum Gasteiger partial charge on any atom is 0.329 e. The molecule has 2 rings (SSSR count). The Morgan fingerprint density at radius 2 is 1.81 bits per heavy atom. The number of esters is 1. The van der Waals surface area contributed by atoms with Gasteiger partial charge in [0.05, 0.1) is 0 Å². The number of halogens is 1. The lowest BCUT2D eigenvalue weighted by molar-refractivity contribution is -0.149. The lowest BCUT2D eigenvalue weighted by Gasteiger charge is -2.17. The van der Waals surface area contributed by atoms with Crippen LogP contribution < -0.4 is 10.1 Å². The monoisotopic (exact) mass is 407 g/mol. The summed E-state index contributed by atoms with van der Waals surface area (Å²) in [5, 5.41) is 3.31. The van der Waals surface area contributed by atoms with Crippen LogP contribution in [-0.2, 0) is 20.9 Å². The molecule has 2 aromatic rings. The number of amides is 1. The summed E-state index contributed by atoms with van der Waals surface area (Å²) >= 11 is 7.44. The summed E-state index contributed by atoms with van der Waals surface area (Å²) in [6.07, 6.45) is 2.42. The van der Waals surface area contributed by atoms with E-state index in [9.17, 15) is 9.59 Å². The lowest BCUT2D eigenvalue weighted by Crippen LogP contribution is -2.44. The second-order valence-electron chi connectivity index (χ2n) is 5.74. The number of hydrogen-bond donors (Lipinski definition) is 1. The average Bonchev–Trinajstić information content (AvgIpc) is 2.69. The van der Waals surface area contributed by atoms with E-state index in [1.54, 1.807) is 48.2 Å². The number of benzene rings is 2. The van der Waals surface area contributed by atoms with Crippen LogP contribution >= 0.6 is 23.4 Å². The van der Waals surface area contributed by atoms with Gasteiger partial charge in [-0.15, -0.1) is 0 Å². The molecule has 1 atom stereocenters. The van der Waals surface area contributed by atoms with Crippen molar-refractivity contribution in [3.05, 3.63) is 65.2 Å². The fourth-order valence-electron chi connectivity index (χ4n) is 2.22. The zero-order chi connectivity index (χ0) is 19.5. The number of ether oxygens (including phenoxy) is 2. The van der Waals surface area contributed by atoms with Gasteiger partial charge >= 0.3 is 5.97 Å². The molecule has 0 aromatic heterocycles. The first-order chi connectivity index (χ1) is 13.1. The molecule has 0 heterocycles. The first kappa shape index (κ1) is 21.1. The van der Waals surface area contributed by atoms with Crippen LogP contribution in [0.25, 0.3) is 0 Å². The molecule has 0 fully saturated rings. The van der Waals surface area contributed by atoms with Crippen molar-refractivity contribution in [2.75, 3.05) is 18.6 Å². The zero-order valence-electron chi connectivity index (χ0n) is 15.0. The van der Waals surface area contributed by atoms with Gasteiger partial charge in [0.1, 0.15) is 18.4 Å². The Hall–Kier alpha value is -2.18. The predicted octanol–water partition coefficient (Wildman–Crippen LogP) is 3.70. The fraction of sp³-hybridized carbons (Fsp3) is 0.300. The van der Waals surface area contributed by atoms with Crippen LogP contribution in [0.15, 0.2) is 54.6 Å². The van der Waals surface area contributed by atoms with Crippen molar-refractivity contribution in [3.8, 4) is 5.75 Å². The molecule has 1 amide bonds. The molecule has 1 N–H and O–H groups in total. The van der Waals surface area contributed by atoms with Crippen LogP contribution in [-0.4, -0.2) is 36.5 Å². The van der Waals surface area contributed by atoms with Crippen LogP contribution in [0.3, 0.4) is 0 Å². The smallest absolute Gasteiger partial charge is 0.329 e. The van der Waals surface area contributed by atoms with Crippen molar-refractivity contribution in [2.45, 2.75) is 19.1 Å². The van der Waals surface area contributed by atoms with Gasteiger partial charge in [0.25, 0.3) is 5.91 Å². The van der Waals surface area contributed by atoms with E-state index in [-0.39, 0.29) is 19.1 Å². The van der Waals surface area contributed by atoms with Crippen molar-refractivity contribution >= 4 is 35.2 Å². The molecule has 1 unspecified atom stereocenters. The molecule has 0 radical (unpaired) electrons. The van der Waals surface area contributed by atoms with Crippen molar-refractivity contribution < 1.29 is 19.1 Å². The van der Waals surface area contributed by atoms with E-state index in [1.165, 1.54) is 0 Å². The van der Waals surface area contributed by atoms with Crippen LogP contribution in [0.2, 0.25) is 5.02 Å². The first-order valence-electron chi connectivity index (χ1n) is 8.45. The largest absolute Gasteiger partial charge is 0.484 e. The lowest BCUT2D eigenvalue weighted by atomic mass is 10.2. The van der Waals surface area contributed by atoms with Crippen molar-refractivity contribution in [1.29, 1.82) is 0 Å². The van der Waals surface area contributed by atoms with E-state index in [4.69, 9.17) is 21.1 Å². The molecule has 0 aliphatic heterocycles. The Kier molecular flexibility index (Phi) is 9.01. The maximum absolute atomic E-state index is 12.4. The Bertz CT molecular complexity index is 725. The van der Waals surface area contributed by atoms with Crippen molar-refractivity contribution in [2.24, 2.45) is 0 Å². The molecule has 5 nitrogen and oxygen atoms in total. The first-order valence-corrected chi connectivity index (χ1v) is 10.2. The average molecular weight is 408 g/mol. The summed E-state index contributed by atoms with van der Waals surface area (Å²) in [5.74, 6) is 0.486. The minimum Gasteiger partial charge on any atom is -0.484 e. The standard InChI is InChI=1S/C20H22ClNO4S/c1-27-12-11-18(20(24)26-13-15-7-9-16(21)10-8-15)22-19(23)14-25-17-5-3-2-4-6-17/h2-10,18H,11-14H2,1H3,(H,22,23). The van der Waals surface area contributed by atoms with Gasteiger partial charge in [0.15, 0.2) is 6.61 Å². The highest BCUT2D eigenvalue weighted by Crippen LogP contribution is 2.12. The summed E-state index contributed by atoms with van der Waals surface area (Å²) < 4.78 is 10.8. The summed E-state index contributed by atoms with van der Waals surface area (Å²) in [7, 11) is 0. The van der Waals surface area contributed by atoms with Crippen LogP contribution in [0.5, 0.6) is 5.75 Å². The Morgan fingerprint density at radius 3 is 2.48 bits per heavy atom. The third-order valence-electron chi connectivity index (χ3n) is 3.64. The third-order valence-corrected chi connectivity index (χ3v) is 4.53. The van der Waals surface area contributed by atoms with E-state index in [0.29, 0.717) is 17.2 Å². The van der Waals surface area contributed by atoms with Gasteiger partial charge < -0.3 is 14.8 Å². The highest BCUT2D eigenvalue weighted by molar-refractivity contribution is 7.98. The molecular formula is C20H22ClNO4S. The predicted molar refractivity (Wildman–Crippen MR) is 108 cm³/mol. The third kappa shape index (κ3) is 7.93. The summed E-state index contributed by atoms with van der Waals surface area (Å²) in [4.78, 5) is 24.5. The number of hydrogen-bond acceptors (Lipinski definition) is 5. The second kappa shape index (κ2) is 11.5. The molecule has 0 saturated heterocycles. The molecule has 0 aliphatic rings. The quantitative estimate of drug-likeness (QED) is 0.608. The highest BCUT2D eigenvalue weighted by Gasteiger charge is 2.22. The molecule has 2 aromatic carbocycles. The van der Waals surface area contributed by atoms with Gasteiger partial charge in [-0.2, -0.15) is 11.8 Å². The molecule has 7 heteroatoms. The maximum atomic E-state index is 12.4. The normalized spacial score (nSPS) is 11.5. The Morgan fingerprint density at radius 1 is 1.11 bits per heavy atom. The van der Waals surface area contributed by atoms with Gasteiger partial charge in [-0.1, -0.05) is 41.9 Å². The molecule has 0 aliphatic carbocycles. The van der Waals surface area contributed by atoms with Gasteiger partial charge in [-0.3, -0.25) is 4.79 Å².